The van der Waals surface area contributed by atoms with E-state index >= 15 is 0 Å². The lowest BCUT2D eigenvalue weighted by atomic mass is 9.96. The first-order valence-electron chi connectivity index (χ1n) is 9.05. The van der Waals surface area contributed by atoms with E-state index in [4.69, 9.17) is 23.7 Å². The number of aromatic hydroxyl groups is 1. The summed E-state index contributed by atoms with van der Waals surface area (Å²) in [6.45, 7) is 1.58. The second kappa shape index (κ2) is 11.0. The van der Waals surface area contributed by atoms with Crippen molar-refractivity contribution in [2.24, 2.45) is 0 Å². The molecule has 28 heavy (non-hydrogen) atoms. The zero-order chi connectivity index (χ0) is 20.5. The molecule has 0 saturated carbocycles. The molecule has 0 unspecified atom stereocenters. The van der Waals surface area contributed by atoms with Gasteiger partial charge < -0.3 is 28.8 Å². The van der Waals surface area contributed by atoms with E-state index in [1.54, 1.807) is 35.5 Å². The van der Waals surface area contributed by atoms with Gasteiger partial charge in [-0.25, -0.2) is 0 Å². The van der Waals surface area contributed by atoms with Crippen molar-refractivity contribution in [2.45, 2.75) is 32.8 Å². The number of phenolic OH excluding ortho intramolecular Hbond substituents is 1. The van der Waals surface area contributed by atoms with Crippen LogP contribution in [0.1, 0.15) is 33.4 Å². The van der Waals surface area contributed by atoms with Gasteiger partial charge in [0.25, 0.3) is 0 Å². The summed E-state index contributed by atoms with van der Waals surface area (Å²) in [5, 5.41) is 10.4. The molecule has 0 radical (unpaired) electrons. The predicted octanol–water partition coefficient (Wildman–Crippen LogP) is 3.58. The lowest BCUT2D eigenvalue weighted by Gasteiger charge is -2.17. The summed E-state index contributed by atoms with van der Waals surface area (Å²) in [6, 6.07) is 8.10. The van der Waals surface area contributed by atoms with E-state index in [0.717, 1.165) is 39.1 Å². The molecule has 0 bridgehead atoms. The standard InChI is InChI=1S/C22H30O6/c1-24-11-17-7-15(8-18(12-25-2)21(17)23)6-16-9-19(13-26-3)22(28-5)20(10-16)14-27-4/h7-10,23H,6,11-14H2,1-5H3. The molecule has 2 aromatic carbocycles. The van der Waals surface area contributed by atoms with E-state index in [0.29, 0.717) is 32.8 Å². The molecule has 0 fully saturated rings. The summed E-state index contributed by atoms with van der Waals surface area (Å²) < 4.78 is 26.7. The van der Waals surface area contributed by atoms with Gasteiger partial charge in [0, 0.05) is 50.7 Å². The minimum absolute atomic E-state index is 0.224. The van der Waals surface area contributed by atoms with Gasteiger partial charge in [-0.05, 0) is 41.8 Å². The molecule has 0 saturated heterocycles. The monoisotopic (exact) mass is 390 g/mol. The summed E-state index contributed by atoms with van der Waals surface area (Å²) in [6.07, 6.45) is 0.686. The number of hydrogen-bond donors (Lipinski definition) is 1. The van der Waals surface area contributed by atoms with Gasteiger partial charge in [0.2, 0.25) is 0 Å². The molecule has 0 spiro atoms. The molecule has 2 rings (SSSR count). The first kappa shape index (κ1) is 22.2. The van der Waals surface area contributed by atoms with Gasteiger partial charge in [-0.3, -0.25) is 0 Å². The second-order valence-electron chi connectivity index (χ2n) is 6.62. The van der Waals surface area contributed by atoms with Crippen molar-refractivity contribution in [2.75, 3.05) is 35.5 Å². The van der Waals surface area contributed by atoms with Crippen LogP contribution >= 0.6 is 0 Å². The van der Waals surface area contributed by atoms with Crippen LogP contribution in [-0.4, -0.2) is 40.7 Å². The predicted molar refractivity (Wildman–Crippen MR) is 107 cm³/mol. The summed E-state index contributed by atoms with van der Waals surface area (Å²) in [7, 11) is 8.20. The third-order valence-corrected chi connectivity index (χ3v) is 4.44. The van der Waals surface area contributed by atoms with Crippen molar-refractivity contribution in [3.63, 3.8) is 0 Å². The van der Waals surface area contributed by atoms with Crippen molar-refractivity contribution >= 4 is 0 Å². The molecule has 6 heteroatoms. The van der Waals surface area contributed by atoms with Crippen molar-refractivity contribution in [1.29, 1.82) is 0 Å². The number of phenols is 1. The topological polar surface area (TPSA) is 66.4 Å². The van der Waals surface area contributed by atoms with E-state index in [1.165, 1.54) is 0 Å². The second-order valence-corrected chi connectivity index (χ2v) is 6.62. The zero-order valence-corrected chi connectivity index (χ0v) is 17.3. The smallest absolute Gasteiger partial charge is 0.129 e. The molecule has 6 nitrogen and oxygen atoms in total. The number of methoxy groups -OCH3 is 5. The van der Waals surface area contributed by atoms with Gasteiger partial charge >= 0.3 is 0 Å². The zero-order valence-electron chi connectivity index (χ0n) is 17.3. The van der Waals surface area contributed by atoms with Crippen LogP contribution in [0.3, 0.4) is 0 Å². The lowest BCUT2D eigenvalue weighted by Crippen LogP contribution is -2.04. The Kier molecular flexibility index (Phi) is 8.73. The van der Waals surface area contributed by atoms with Crippen LogP contribution in [0, 0.1) is 0 Å². The van der Waals surface area contributed by atoms with E-state index in [2.05, 4.69) is 12.1 Å². The van der Waals surface area contributed by atoms with Crippen molar-refractivity contribution < 1.29 is 28.8 Å². The van der Waals surface area contributed by atoms with Crippen LogP contribution in [0.15, 0.2) is 24.3 Å². The highest BCUT2D eigenvalue weighted by Gasteiger charge is 2.14. The van der Waals surface area contributed by atoms with Gasteiger partial charge in [-0.1, -0.05) is 0 Å². The summed E-state index contributed by atoms with van der Waals surface area (Å²) in [5.74, 6) is 1.01. The third-order valence-electron chi connectivity index (χ3n) is 4.44. The minimum Gasteiger partial charge on any atom is -0.507 e. The van der Waals surface area contributed by atoms with Crippen LogP contribution in [-0.2, 0) is 51.8 Å². The molecule has 154 valence electrons. The molecule has 0 atom stereocenters. The van der Waals surface area contributed by atoms with Crippen molar-refractivity contribution in [3.05, 3.63) is 57.6 Å². The highest BCUT2D eigenvalue weighted by Crippen LogP contribution is 2.31. The third kappa shape index (κ3) is 5.45. The Morgan fingerprint density at radius 1 is 0.607 bits per heavy atom. The van der Waals surface area contributed by atoms with E-state index in [-0.39, 0.29) is 5.75 Å². The molecule has 0 heterocycles. The summed E-state index contributed by atoms with van der Waals surface area (Å²) >= 11 is 0. The Bertz CT molecular complexity index is 718. The Labute approximate surface area is 166 Å². The Morgan fingerprint density at radius 3 is 1.32 bits per heavy atom. The molecule has 0 aliphatic heterocycles. The fourth-order valence-electron chi connectivity index (χ4n) is 3.42. The van der Waals surface area contributed by atoms with Crippen molar-refractivity contribution in [1.82, 2.24) is 0 Å². The SMILES string of the molecule is COCc1cc(Cc2cc(COC)c(OC)c(COC)c2)cc(COC)c1O. The largest absolute Gasteiger partial charge is 0.507 e. The fourth-order valence-corrected chi connectivity index (χ4v) is 3.42. The van der Waals surface area contributed by atoms with E-state index in [9.17, 15) is 5.11 Å². The molecule has 0 aliphatic rings. The molecule has 0 aromatic heterocycles. The van der Waals surface area contributed by atoms with Gasteiger partial charge in [-0.15, -0.1) is 0 Å². The quantitative estimate of drug-likeness (QED) is 0.633. The summed E-state index contributed by atoms with van der Waals surface area (Å²) in [4.78, 5) is 0. The number of rotatable bonds is 11. The Hall–Kier alpha value is -2.12. The first-order chi connectivity index (χ1) is 13.6. The maximum absolute atomic E-state index is 10.4. The highest BCUT2D eigenvalue weighted by atomic mass is 16.5. The van der Waals surface area contributed by atoms with Crippen LogP contribution in [0.5, 0.6) is 11.5 Å². The number of hydrogen-bond acceptors (Lipinski definition) is 6. The molecular formula is C22H30O6. The van der Waals surface area contributed by atoms with E-state index < -0.39 is 0 Å². The normalized spacial score (nSPS) is 11.0. The Balaban J connectivity index is 2.45. The van der Waals surface area contributed by atoms with Crippen LogP contribution in [0.25, 0.3) is 0 Å². The number of ether oxygens (including phenoxy) is 5. The Morgan fingerprint density at radius 2 is 0.964 bits per heavy atom. The maximum atomic E-state index is 10.4. The first-order valence-corrected chi connectivity index (χ1v) is 9.05. The van der Waals surface area contributed by atoms with Gasteiger partial charge in [0.05, 0.1) is 33.5 Å². The highest BCUT2D eigenvalue weighted by molar-refractivity contribution is 5.48. The van der Waals surface area contributed by atoms with Crippen molar-refractivity contribution in [3.8, 4) is 11.5 Å². The van der Waals surface area contributed by atoms with Gasteiger partial charge in [0.1, 0.15) is 11.5 Å². The lowest BCUT2D eigenvalue weighted by molar-refractivity contribution is 0.173. The average Bonchev–Trinajstić information content (AvgIpc) is 2.66. The molecular weight excluding hydrogens is 360 g/mol. The molecule has 0 amide bonds. The van der Waals surface area contributed by atoms with Gasteiger partial charge in [0.15, 0.2) is 0 Å². The maximum Gasteiger partial charge on any atom is 0.129 e. The molecule has 0 aliphatic carbocycles. The van der Waals surface area contributed by atoms with Crippen LogP contribution < -0.4 is 4.74 Å². The van der Waals surface area contributed by atoms with Crippen LogP contribution in [0.4, 0.5) is 0 Å². The molecule has 1 N–H and O–H groups in total. The van der Waals surface area contributed by atoms with E-state index in [1.807, 2.05) is 12.1 Å². The fraction of sp³-hybridized carbons (Fsp3) is 0.455. The van der Waals surface area contributed by atoms with Gasteiger partial charge in [-0.2, -0.15) is 0 Å². The van der Waals surface area contributed by atoms with Crippen LogP contribution in [0.2, 0.25) is 0 Å². The average molecular weight is 390 g/mol. The molecule has 2 aromatic rings. The summed E-state index contributed by atoms with van der Waals surface area (Å²) in [5.41, 5.74) is 5.61. The number of benzene rings is 2. The minimum atomic E-state index is 0.224.